The van der Waals surface area contributed by atoms with E-state index in [9.17, 15) is 19.3 Å². The predicted molar refractivity (Wildman–Crippen MR) is 63.6 cm³/mol. The van der Waals surface area contributed by atoms with Crippen molar-refractivity contribution in [2.45, 2.75) is 12.5 Å². The van der Waals surface area contributed by atoms with Crippen molar-refractivity contribution in [3.8, 4) is 0 Å². The number of rotatable bonds is 5. The number of carboxylic acids is 1. The quantitative estimate of drug-likeness (QED) is 0.482. The molecule has 0 spiro atoms. The minimum atomic E-state index is -1.37. The molecular weight excluding hydrogens is 253 g/mol. The molecule has 0 aliphatic carbocycles. The topological polar surface area (TPSA) is 104 Å². The number of nitroso groups, excluding NO2 is 1. The van der Waals surface area contributed by atoms with Gasteiger partial charge in [0, 0.05) is 6.42 Å². The summed E-state index contributed by atoms with van der Waals surface area (Å²) < 4.78 is 0. The Bertz CT molecular complexity index is 534. The predicted octanol–water partition coefficient (Wildman–Crippen LogP) is 0.892. The molecule has 0 fully saturated rings. The first kappa shape index (κ1) is 12.9. The van der Waals surface area contributed by atoms with Crippen LogP contribution in [0.25, 0.3) is 0 Å². The molecule has 7 nitrogen and oxygen atoms in total. The first-order chi connectivity index (χ1) is 9.07. The summed E-state index contributed by atoms with van der Waals surface area (Å²) in [5, 5.41) is 11.7. The summed E-state index contributed by atoms with van der Waals surface area (Å²) in [5.41, 5.74) is 0.357. The van der Waals surface area contributed by atoms with Gasteiger partial charge in [0.2, 0.25) is 0 Å². The average Bonchev–Trinajstić information content (AvgIpc) is 2.64. The van der Waals surface area contributed by atoms with Crippen molar-refractivity contribution >= 4 is 17.8 Å². The number of carboxylic acid groups (broad SMARTS) is 1. The van der Waals surface area contributed by atoms with Crippen LogP contribution in [0.4, 0.5) is 0 Å². The van der Waals surface area contributed by atoms with Crippen LogP contribution >= 0.6 is 0 Å². The van der Waals surface area contributed by atoms with E-state index in [1.165, 1.54) is 12.1 Å². The van der Waals surface area contributed by atoms with Crippen LogP contribution in [-0.2, 0) is 4.79 Å². The Hall–Kier alpha value is -2.57. The fourth-order valence-corrected chi connectivity index (χ4v) is 2.03. The standard InChI is InChI=1S/C12H10N2O5/c15-10-7-3-1-2-4-8(7)11(16)14(10)9(12(17)18)5-6-13-19/h1-4,9H,5-6H2,(H,17,18)/i13+1. The molecule has 1 atom stereocenters. The third-order valence-electron chi connectivity index (χ3n) is 2.92. The van der Waals surface area contributed by atoms with Crippen molar-refractivity contribution < 1.29 is 19.5 Å². The number of benzene rings is 1. The maximum absolute atomic E-state index is 12.0. The second-order valence-electron chi connectivity index (χ2n) is 4.02. The SMILES string of the molecule is O=[15N]CCC(C(=O)O)N1C(=O)c2ccccc2C1=O. The molecule has 1 unspecified atom stereocenters. The lowest BCUT2D eigenvalue weighted by atomic mass is 10.1. The van der Waals surface area contributed by atoms with E-state index in [4.69, 9.17) is 5.11 Å². The summed E-state index contributed by atoms with van der Waals surface area (Å²) in [6.45, 7) is -0.273. The molecule has 1 heterocycles. The highest BCUT2D eigenvalue weighted by Gasteiger charge is 2.42. The zero-order valence-corrected chi connectivity index (χ0v) is 9.78. The highest BCUT2D eigenvalue weighted by molar-refractivity contribution is 6.22. The first-order valence-corrected chi connectivity index (χ1v) is 5.56. The highest BCUT2D eigenvalue weighted by atomic mass is 16.4. The van der Waals surface area contributed by atoms with Crippen LogP contribution < -0.4 is 0 Å². The lowest BCUT2D eigenvalue weighted by molar-refractivity contribution is -0.141. The summed E-state index contributed by atoms with van der Waals surface area (Å²) in [7, 11) is 0. The second kappa shape index (κ2) is 4.97. The fourth-order valence-electron chi connectivity index (χ4n) is 2.03. The number of imide groups is 1. The van der Waals surface area contributed by atoms with Crippen molar-refractivity contribution in [2.24, 2.45) is 5.18 Å². The average molecular weight is 263 g/mol. The number of carbonyl (C=O) groups is 3. The van der Waals surface area contributed by atoms with Gasteiger partial charge in [-0.3, -0.25) is 14.5 Å². The minimum absolute atomic E-state index is 0.179. The monoisotopic (exact) mass is 263 g/mol. The summed E-state index contributed by atoms with van der Waals surface area (Å²) >= 11 is 0. The Morgan fingerprint density at radius 3 is 2.16 bits per heavy atom. The normalized spacial score (nSPS) is 15.3. The van der Waals surface area contributed by atoms with Crippen molar-refractivity contribution in [3.63, 3.8) is 0 Å². The summed E-state index contributed by atoms with van der Waals surface area (Å²) in [4.78, 5) is 46.0. The van der Waals surface area contributed by atoms with E-state index in [-0.39, 0.29) is 24.1 Å². The van der Waals surface area contributed by atoms with Crippen LogP contribution in [0, 0.1) is 4.91 Å². The number of nitrogens with zero attached hydrogens (tertiary/aromatic N) is 2. The number of carbonyl (C=O) groups excluding carboxylic acids is 2. The van der Waals surface area contributed by atoms with Crippen LogP contribution in [0.2, 0.25) is 0 Å². The van der Waals surface area contributed by atoms with Gasteiger partial charge in [-0.05, 0) is 12.1 Å². The molecule has 1 aliphatic heterocycles. The molecule has 1 aromatic rings. The number of fused-ring (bicyclic) bond motifs is 1. The molecule has 2 amide bonds. The number of hydrogen-bond donors (Lipinski definition) is 1. The van der Waals surface area contributed by atoms with E-state index in [0.717, 1.165) is 0 Å². The number of amides is 2. The molecule has 0 saturated carbocycles. The largest absolute Gasteiger partial charge is 0.480 e. The minimum Gasteiger partial charge on any atom is -0.480 e. The van der Waals surface area contributed by atoms with Crippen molar-refractivity contribution in [1.82, 2.24) is 4.90 Å². The lowest BCUT2D eigenvalue weighted by Gasteiger charge is -2.21. The van der Waals surface area contributed by atoms with Crippen LogP contribution in [0.1, 0.15) is 27.1 Å². The molecular formula is C12H10N2O5. The zero-order valence-electron chi connectivity index (χ0n) is 9.78. The van der Waals surface area contributed by atoms with Gasteiger partial charge in [-0.1, -0.05) is 17.3 Å². The van der Waals surface area contributed by atoms with Crippen molar-refractivity contribution in [3.05, 3.63) is 40.3 Å². The van der Waals surface area contributed by atoms with Crippen LogP contribution in [-0.4, -0.2) is 40.4 Å². The van der Waals surface area contributed by atoms with E-state index in [1.54, 1.807) is 12.1 Å². The molecule has 2 rings (SSSR count). The Balaban J connectivity index is 2.36. The van der Waals surface area contributed by atoms with Gasteiger partial charge in [0.1, 0.15) is 6.04 Å². The van der Waals surface area contributed by atoms with Crippen molar-refractivity contribution in [1.29, 1.82) is 0 Å². The smallest absolute Gasteiger partial charge is 0.327 e. The van der Waals surface area contributed by atoms with Crippen LogP contribution in [0.15, 0.2) is 29.4 Å². The van der Waals surface area contributed by atoms with Gasteiger partial charge in [-0.2, -0.15) is 4.91 Å². The summed E-state index contributed by atoms with van der Waals surface area (Å²) in [6.07, 6.45) is -0.190. The van der Waals surface area contributed by atoms with Gasteiger partial charge in [-0.15, -0.1) is 0 Å². The van der Waals surface area contributed by atoms with E-state index < -0.39 is 23.8 Å². The Morgan fingerprint density at radius 1 is 1.21 bits per heavy atom. The van der Waals surface area contributed by atoms with E-state index >= 15 is 0 Å². The molecule has 98 valence electrons. The number of hydrogen-bond acceptors (Lipinski definition) is 5. The maximum Gasteiger partial charge on any atom is 0.327 e. The molecule has 7 heteroatoms. The van der Waals surface area contributed by atoms with Gasteiger partial charge in [0.15, 0.2) is 0 Å². The molecule has 0 saturated heterocycles. The van der Waals surface area contributed by atoms with Gasteiger partial charge in [0.05, 0.1) is 17.7 Å². The molecule has 0 bridgehead atoms. The lowest BCUT2D eigenvalue weighted by Crippen LogP contribution is -2.45. The van der Waals surface area contributed by atoms with Gasteiger partial charge in [-0.25, -0.2) is 4.79 Å². The molecule has 0 radical (unpaired) electrons. The Labute approximate surface area is 107 Å². The van der Waals surface area contributed by atoms with Gasteiger partial charge < -0.3 is 5.11 Å². The Kier molecular flexibility index (Phi) is 3.37. The molecule has 1 aromatic carbocycles. The maximum atomic E-state index is 12.0. The van der Waals surface area contributed by atoms with Gasteiger partial charge >= 0.3 is 5.97 Å². The Morgan fingerprint density at radius 2 is 1.74 bits per heavy atom. The molecule has 19 heavy (non-hydrogen) atoms. The van der Waals surface area contributed by atoms with E-state index in [1.807, 2.05) is 0 Å². The molecule has 0 aromatic heterocycles. The second-order valence-corrected chi connectivity index (χ2v) is 4.02. The first-order valence-electron chi connectivity index (χ1n) is 5.56. The van der Waals surface area contributed by atoms with E-state index in [0.29, 0.717) is 4.90 Å². The van der Waals surface area contributed by atoms with Crippen molar-refractivity contribution in [2.75, 3.05) is 6.54 Å². The fraction of sp³-hybridized carbons (Fsp3) is 0.250. The van der Waals surface area contributed by atoms with E-state index in [2.05, 4.69) is 5.18 Å². The molecule has 1 N–H and O–H groups in total. The third kappa shape index (κ3) is 2.10. The number of aliphatic carboxylic acids is 1. The summed E-state index contributed by atoms with van der Waals surface area (Å²) in [6, 6.07) is 4.75. The third-order valence-corrected chi connectivity index (χ3v) is 2.92. The summed E-state index contributed by atoms with van der Waals surface area (Å²) in [5.74, 6) is -2.64. The van der Waals surface area contributed by atoms with Gasteiger partial charge in [0.25, 0.3) is 11.8 Å². The molecule has 1 aliphatic rings. The zero-order chi connectivity index (χ0) is 14.0. The van der Waals surface area contributed by atoms with Crippen LogP contribution in [0.3, 0.4) is 0 Å². The highest BCUT2D eigenvalue weighted by Crippen LogP contribution is 2.25. The van der Waals surface area contributed by atoms with Crippen LogP contribution in [0.5, 0.6) is 0 Å².